The van der Waals surface area contributed by atoms with E-state index in [9.17, 15) is 29.8 Å². The van der Waals surface area contributed by atoms with Crippen LogP contribution in [0.3, 0.4) is 0 Å². The number of nitriles is 2. The van der Waals surface area contributed by atoms with E-state index in [1.807, 2.05) is 0 Å². The highest BCUT2D eigenvalue weighted by molar-refractivity contribution is 7.07. The van der Waals surface area contributed by atoms with E-state index in [-0.39, 0.29) is 50.0 Å². The summed E-state index contributed by atoms with van der Waals surface area (Å²) in [6, 6.07) is 11.0. The Kier molecular flexibility index (Phi) is 4.95. The van der Waals surface area contributed by atoms with E-state index in [4.69, 9.17) is 9.47 Å². The van der Waals surface area contributed by atoms with Gasteiger partial charge in [-0.3, -0.25) is 19.5 Å². The summed E-state index contributed by atoms with van der Waals surface area (Å²) >= 11 is 0.815. The van der Waals surface area contributed by atoms with E-state index >= 15 is 0 Å². The fraction of sp³-hybridized carbons (Fsp3) is 0.0500. The Balaban J connectivity index is 2.05. The molecule has 0 unspecified atom stereocenters. The van der Waals surface area contributed by atoms with Crippen molar-refractivity contribution in [3.05, 3.63) is 77.4 Å². The maximum absolute atomic E-state index is 13.3. The van der Waals surface area contributed by atoms with Crippen LogP contribution in [0.2, 0.25) is 0 Å². The zero-order chi connectivity index (χ0) is 22.1. The predicted octanol–water partition coefficient (Wildman–Crippen LogP) is 1.70. The molecule has 31 heavy (non-hydrogen) atoms. The molecule has 0 radical (unpaired) electrons. The fourth-order valence-electron chi connectivity index (χ4n) is 2.96. The van der Waals surface area contributed by atoms with Gasteiger partial charge in [0, 0.05) is 0 Å². The Hall–Kier alpha value is -4.48. The molecule has 0 saturated carbocycles. The van der Waals surface area contributed by atoms with Gasteiger partial charge in [-0.05, 0) is 36.4 Å². The van der Waals surface area contributed by atoms with Crippen LogP contribution in [0.25, 0.3) is 17.3 Å². The SMILES string of the molecule is N#CC(C#N)=c1sc(=Cc2cc3c(cc2[N+](=O)[O-])OCO3)c(=O)n1-c1ccc(F)cc1. The molecule has 11 heteroatoms. The summed E-state index contributed by atoms with van der Waals surface area (Å²) in [6.45, 7) is -0.0842. The van der Waals surface area contributed by atoms with Crippen molar-refractivity contribution in [2.24, 2.45) is 0 Å². The van der Waals surface area contributed by atoms with Crippen molar-refractivity contribution in [1.29, 1.82) is 10.5 Å². The molecule has 1 aliphatic rings. The monoisotopic (exact) mass is 436 g/mol. The minimum Gasteiger partial charge on any atom is -0.454 e. The van der Waals surface area contributed by atoms with Crippen molar-refractivity contribution in [3.8, 4) is 29.3 Å². The molecule has 0 spiro atoms. The number of nitro groups is 1. The predicted molar refractivity (Wildman–Crippen MR) is 107 cm³/mol. The van der Waals surface area contributed by atoms with E-state index in [1.54, 1.807) is 12.1 Å². The number of aromatic nitrogens is 1. The largest absolute Gasteiger partial charge is 0.454 e. The van der Waals surface area contributed by atoms with Gasteiger partial charge in [0.2, 0.25) is 6.79 Å². The first-order valence-corrected chi connectivity index (χ1v) is 9.36. The number of thiazole rings is 1. The number of nitrogens with zero attached hydrogens (tertiary/aromatic N) is 4. The third kappa shape index (κ3) is 3.50. The molecule has 0 fully saturated rings. The number of halogens is 1. The average Bonchev–Trinajstić information content (AvgIpc) is 3.33. The van der Waals surface area contributed by atoms with Gasteiger partial charge in [-0.15, -0.1) is 11.3 Å². The average molecular weight is 436 g/mol. The summed E-state index contributed by atoms with van der Waals surface area (Å²) in [7, 11) is 0. The van der Waals surface area contributed by atoms with Crippen LogP contribution in [0.15, 0.2) is 41.2 Å². The van der Waals surface area contributed by atoms with Crippen LogP contribution in [0, 0.1) is 38.6 Å². The van der Waals surface area contributed by atoms with Crippen LogP contribution in [0.5, 0.6) is 11.5 Å². The molecule has 0 aliphatic carbocycles. The van der Waals surface area contributed by atoms with Crippen LogP contribution in [0.4, 0.5) is 10.1 Å². The van der Waals surface area contributed by atoms with Crippen LogP contribution in [0.1, 0.15) is 5.56 Å². The molecule has 9 nitrogen and oxygen atoms in total. The van der Waals surface area contributed by atoms with E-state index in [0.29, 0.717) is 0 Å². The lowest BCUT2D eigenvalue weighted by Crippen LogP contribution is -2.30. The first-order chi connectivity index (χ1) is 14.9. The molecule has 2 aromatic carbocycles. The lowest BCUT2D eigenvalue weighted by Gasteiger charge is -2.01. The Bertz CT molecular complexity index is 1480. The van der Waals surface area contributed by atoms with Crippen molar-refractivity contribution >= 4 is 28.7 Å². The van der Waals surface area contributed by atoms with Gasteiger partial charge < -0.3 is 9.47 Å². The molecule has 152 valence electrons. The van der Waals surface area contributed by atoms with Crippen molar-refractivity contribution in [3.63, 3.8) is 0 Å². The Labute approximate surface area is 176 Å². The van der Waals surface area contributed by atoms with Crippen molar-refractivity contribution < 1.29 is 18.8 Å². The maximum atomic E-state index is 13.3. The number of hydrogen-bond donors (Lipinski definition) is 0. The molecule has 4 rings (SSSR count). The molecule has 2 heterocycles. The third-order valence-electron chi connectivity index (χ3n) is 4.35. The smallest absolute Gasteiger partial charge is 0.280 e. The molecule has 0 saturated heterocycles. The molecule has 0 bridgehead atoms. The quantitative estimate of drug-likeness (QED) is 0.451. The summed E-state index contributed by atoms with van der Waals surface area (Å²) in [5.74, 6) is -0.0288. The standard InChI is InChI=1S/C20H9FN4O5S/c21-13-1-3-14(4-2-13)24-19(26)18(31-20(24)12(8-22)9-23)6-11-5-16-17(30-10-29-16)7-15(11)25(27)28/h1-7H,10H2. The molecule has 1 aromatic heterocycles. The molecular formula is C20H9FN4O5S. The highest BCUT2D eigenvalue weighted by Crippen LogP contribution is 2.38. The van der Waals surface area contributed by atoms with E-state index in [0.717, 1.165) is 28.0 Å². The molecule has 0 N–H and O–H groups in total. The van der Waals surface area contributed by atoms with Gasteiger partial charge in [-0.25, -0.2) is 4.39 Å². The minimum atomic E-state index is -0.624. The molecular weight excluding hydrogens is 427 g/mol. The number of hydrogen-bond acceptors (Lipinski definition) is 8. The second-order valence-corrected chi connectivity index (χ2v) is 7.18. The van der Waals surface area contributed by atoms with Gasteiger partial charge in [-0.1, -0.05) is 0 Å². The Morgan fingerprint density at radius 3 is 2.45 bits per heavy atom. The van der Waals surface area contributed by atoms with E-state index < -0.39 is 16.3 Å². The summed E-state index contributed by atoms with van der Waals surface area (Å²) < 4.78 is 24.9. The molecule has 3 aromatic rings. The van der Waals surface area contributed by atoms with E-state index in [2.05, 4.69) is 0 Å². The van der Waals surface area contributed by atoms with E-state index in [1.165, 1.54) is 30.3 Å². The second kappa shape index (κ2) is 7.74. The van der Waals surface area contributed by atoms with Crippen LogP contribution < -0.4 is 24.2 Å². The van der Waals surface area contributed by atoms with Gasteiger partial charge in [0.25, 0.3) is 11.2 Å². The maximum Gasteiger partial charge on any atom is 0.280 e. The minimum absolute atomic E-state index is 0.0243. The Morgan fingerprint density at radius 2 is 1.84 bits per heavy atom. The summed E-state index contributed by atoms with van der Waals surface area (Å²) in [5.41, 5.74) is -0.939. The zero-order valence-electron chi connectivity index (χ0n) is 15.4. The van der Waals surface area contributed by atoms with Crippen molar-refractivity contribution in [1.82, 2.24) is 4.57 Å². The second-order valence-electron chi connectivity index (χ2n) is 6.15. The van der Waals surface area contributed by atoms with Crippen molar-refractivity contribution in [2.45, 2.75) is 0 Å². The normalized spacial score (nSPS) is 12.3. The number of fused-ring (bicyclic) bond motifs is 1. The number of benzene rings is 2. The van der Waals surface area contributed by atoms with Gasteiger partial charge in [0.15, 0.2) is 17.1 Å². The molecule has 0 atom stereocenters. The summed E-state index contributed by atoms with van der Waals surface area (Å²) in [5, 5.41) is 30.1. The first-order valence-electron chi connectivity index (χ1n) is 8.55. The highest BCUT2D eigenvalue weighted by atomic mass is 32.1. The fourth-order valence-corrected chi connectivity index (χ4v) is 4.00. The van der Waals surface area contributed by atoms with Gasteiger partial charge in [0.1, 0.15) is 22.6 Å². The van der Waals surface area contributed by atoms with Crippen LogP contribution in [-0.2, 0) is 0 Å². The van der Waals surface area contributed by atoms with Crippen LogP contribution >= 0.6 is 11.3 Å². The van der Waals surface area contributed by atoms with Gasteiger partial charge in [-0.2, -0.15) is 10.5 Å². The molecule has 1 aliphatic heterocycles. The van der Waals surface area contributed by atoms with Crippen molar-refractivity contribution in [2.75, 3.05) is 6.79 Å². The number of nitro benzene ring substituents is 1. The zero-order valence-corrected chi connectivity index (χ0v) is 16.2. The first kappa shape index (κ1) is 19.8. The third-order valence-corrected chi connectivity index (χ3v) is 5.44. The number of ether oxygens (including phenoxy) is 2. The highest BCUT2D eigenvalue weighted by Gasteiger charge is 2.23. The number of rotatable bonds is 3. The topological polar surface area (TPSA) is 131 Å². The summed E-state index contributed by atoms with van der Waals surface area (Å²) in [6.07, 6.45) is 1.28. The molecule has 0 amide bonds. The lowest BCUT2D eigenvalue weighted by molar-refractivity contribution is -0.385. The Morgan fingerprint density at radius 1 is 1.19 bits per heavy atom. The summed E-state index contributed by atoms with van der Waals surface area (Å²) in [4.78, 5) is 24.0. The van der Waals surface area contributed by atoms with Gasteiger partial charge >= 0.3 is 0 Å². The van der Waals surface area contributed by atoms with Crippen LogP contribution in [-0.4, -0.2) is 16.3 Å². The lowest BCUT2D eigenvalue weighted by atomic mass is 10.1. The van der Waals surface area contributed by atoms with Gasteiger partial charge in [0.05, 0.1) is 26.8 Å².